The Hall–Kier alpha value is -0.860. The van der Waals surface area contributed by atoms with Crippen molar-refractivity contribution in [1.29, 1.82) is 0 Å². The summed E-state index contributed by atoms with van der Waals surface area (Å²) >= 11 is 0. The highest BCUT2D eigenvalue weighted by atomic mass is 15.0. The van der Waals surface area contributed by atoms with E-state index in [-0.39, 0.29) is 0 Å². The van der Waals surface area contributed by atoms with Crippen LogP contribution in [0, 0.1) is 5.41 Å². The van der Waals surface area contributed by atoms with Crippen molar-refractivity contribution in [2.75, 3.05) is 13.1 Å². The van der Waals surface area contributed by atoms with Crippen molar-refractivity contribution in [3.05, 3.63) is 35.4 Å². The average Bonchev–Trinajstić information content (AvgIpc) is 2.64. The van der Waals surface area contributed by atoms with Gasteiger partial charge in [0.05, 0.1) is 0 Å². The van der Waals surface area contributed by atoms with Crippen molar-refractivity contribution < 1.29 is 0 Å². The third kappa shape index (κ3) is 1.25. The number of piperidine rings is 1. The third-order valence-electron chi connectivity index (χ3n) is 4.13. The van der Waals surface area contributed by atoms with Gasteiger partial charge in [0.25, 0.3) is 0 Å². The van der Waals surface area contributed by atoms with Gasteiger partial charge in [-0.15, -0.1) is 0 Å². The summed E-state index contributed by atoms with van der Waals surface area (Å²) in [6.07, 6.45) is 3.70. The molecular formula is C13H18N2. The van der Waals surface area contributed by atoms with Crippen molar-refractivity contribution >= 4 is 0 Å². The zero-order chi connectivity index (χ0) is 10.3. The lowest BCUT2D eigenvalue weighted by atomic mass is 9.74. The Morgan fingerprint density at radius 1 is 1.40 bits per heavy atom. The number of fused-ring (bicyclic) bond motifs is 3. The second-order valence-corrected chi connectivity index (χ2v) is 4.93. The molecule has 2 atom stereocenters. The van der Waals surface area contributed by atoms with Crippen LogP contribution < -0.4 is 11.1 Å². The van der Waals surface area contributed by atoms with Crippen LogP contribution in [0.15, 0.2) is 24.3 Å². The molecule has 0 unspecified atom stereocenters. The quantitative estimate of drug-likeness (QED) is 0.726. The van der Waals surface area contributed by atoms with E-state index in [0.717, 1.165) is 19.5 Å². The van der Waals surface area contributed by atoms with E-state index in [9.17, 15) is 0 Å². The minimum absolute atomic E-state index is 0.307. The van der Waals surface area contributed by atoms with Crippen LogP contribution in [0.2, 0.25) is 0 Å². The van der Waals surface area contributed by atoms with E-state index in [1.165, 1.54) is 24.0 Å². The maximum Gasteiger partial charge on any atom is 0.0395 e. The lowest BCUT2D eigenvalue weighted by Crippen LogP contribution is -2.45. The summed E-state index contributed by atoms with van der Waals surface area (Å²) in [5, 5.41) is 3.65. The Bertz CT molecular complexity index is 375. The molecule has 2 aliphatic rings. The fraction of sp³-hybridized carbons (Fsp3) is 0.538. The Balaban J connectivity index is 2.06. The van der Waals surface area contributed by atoms with E-state index in [2.05, 4.69) is 29.6 Å². The molecule has 3 N–H and O–H groups in total. The summed E-state index contributed by atoms with van der Waals surface area (Å²) in [6, 6.07) is 9.30. The second-order valence-electron chi connectivity index (χ2n) is 4.93. The highest BCUT2D eigenvalue weighted by molar-refractivity contribution is 5.39. The molecule has 0 spiro atoms. The van der Waals surface area contributed by atoms with Gasteiger partial charge in [0, 0.05) is 18.0 Å². The maximum atomic E-state index is 6.02. The first kappa shape index (κ1) is 9.37. The van der Waals surface area contributed by atoms with Gasteiger partial charge in [0.1, 0.15) is 0 Å². The lowest BCUT2D eigenvalue weighted by molar-refractivity contribution is 0.163. The van der Waals surface area contributed by atoms with Crippen LogP contribution in [0.1, 0.15) is 30.0 Å². The van der Waals surface area contributed by atoms with Crippen LogP contribution in [0.25, 0.3) is 0 Å². The zero-order valence-electron chi connectivity index (χ0n) is 9.00. The van der Waals surface area contributed by atoms with Gasteiger partial charge in [-0.2, -0.15) is 0 Å². The average molecular weight is 202 g/mol. The molecule has 1 fully saturated rings. The van der Waals surface area contributed by atoms with Crippen LogP contribution in [-0.2, 0) is 6.42 Å². The predicted octanol–water partition coefficient (Wildman–Crippen LogP) is 1.61. The molecule has 0 bridgehead atoms. The normalized spacial score (nSPS) is 33.5. The molecule has 1 aliphatic carbocycles. The van der Waals surface area contributed by atoms with Gasteiger partial charge < -0.3 is 11.1 Å². The number of nitrogens with one attached hydrogen (secondary N) is 1. The van der Waals surface area contributed by atoms with E-state index in [1.807, 2.05) is 0 Å². The molecule has 0 saturated carbocycles. The Kier molecular flexibility index (Phi) is 2.08. The summed E-state index contributed by atoms with van der Waals surface area (Å²) in [7, 11) is 0. The minimum Gasteiger partial charge on any atom is -0.330 e. The van der Waals surface area contributed by atoms with Gasteiger partial charge in [-0.1, -0.05) is 24.3 Å². The molecule has 1 aliphatic heterocycles. The molecule has 0 radical (unpaired) electrons. The summed E-state index contributed by atoms with van der Waals surface area (Å²) in [5.74, 6) is 0. The molecule has 0 amide bonds. The van der Waals surface area contributed by atoms with E-state index in [4.69, 9.17) is 5.73 Å². The molecule has 2 nitrogen and oxygen atoms in total. The number of nitrogens with two attached hydrogens (primary N) is 1. The Morgan fingerprint density at radius 3 is 3.13 bits per heavy atom. The fourth-order valence-corrected chi connectivity index (χ4v) is 3.33. The first-order valence-electron chi connectivity index (χ1n) is 5.87. The molecule has 80 valence electrons. The third-order valence-corrected chi connectivity index (χ3v) is 4.13. The van der Waals surface area contributed by atoms with Crippen molar-refractivity contribution in [2.24, 2.45) is 11.1 Å². The SMILES string of the molecule is NC[C@]12CCCN[C@H]1c1ccccc1C2. The minimum atomic E-state index is 0.307. The highest BCUT2D eigenvalue weighted by Crippen LogP contribution is 2.49. The molecule has 1 heterocycles. The number of benzene rings is 1. The molecule has 1 aromatic carbocycles. The topological polar surface area (TPSA) is 38.0 Å². The first-order chi connectivity index (χ1) is 7.36. The number of hydrogen-bond donors (Lipinski definition) is 2. The maximum absolute atomic E-state index is 6.02. The second kappa shape index (κ2) is 3.32. The van der Waals surface area contributed by atoms with E-state index in [1.54, 1.807) is 0 Å². The lowest BCUT2D eigenvalue weighted by Gasteiger charge is -2.39. The van der Waals surface area contributed by atoms with E-state index >= 15 is 0 Å². The van der Waals surface area contributed by atoms with Crippen LogP contribution >= 0.6 is 0 Å². The van der Waals surface area contributed by atoms with Crippen molar-refractivity contribution in [1.82, 2.24) is 5.32 Å². The number of rotatable bonds is 1. The first-order valence-corrected chi connectivity index (χ1v) is 5.87. The smallest absolute Gasteiger partial charge is 0.0395 e. The van der Waals surface area contributed by atoms with E-state index < -0.39 is 0 Å². The van der Waals surface area contributed by atoms with Crippen LogP contribution in [0.5, 0.6) is 0 Å². The molecule has 1 aromatic rings. The van der Waals surface area contributed by atoms with Crippen LogP contribution in [-0.4, -0.2) is 13.1 Å². The Labute approximate surface area is 90.9 Å². The van der Waals surface area contributed by atoms with Gasteiger partial charge >= 0.3 is 0 Å². The summed E-state index contributed by atoms with van der Waals surface area (Å²) in [4.78, 5) is 0. The largest absolute Gasteiger partial charge is 0.330 e. The van der Waals surface area contributed by atoms with Gasteiger partial charge in [0.2, 0.25) is 0 Å². The molecule has 2 heteroatoms. The van der Waals surface area contributed by atoms with Gasteiger partial charge in [-0.25, -0.2) is 0 Å². The summed E-state index contributed by atoms with van der Waals surface area (Å²) in [5.41, 5.74) is 9.32. The zero-order valence-corrected chi connectivity index (χ0v) is 9.00. The van der Waals surface area contributed by atoms with Crippen LogP contribution in [0.4, 0.5) is 0 Å². The highest BCUT2D eigenvalue weighted by Gasteiger charge is 2.45. The van der Waals surface area contributed by atoms with Crippen LogP contribution in [0.3, 0.4) is 0 Å². The van der Waals surface area contributed by atoms with Gasteiger partial charge in [0.15, 0.2) is 0 Å². The summed E-state index contributed by atoms with van der Waals surface area (Å²) in [6.45, 7) is 1.94. The van der Waals surface area contributed by atoms with Gasteiger partial charge in [-0.3, -0.25) is 0 Å². The van der Waals surface area contributed by atoms with Crippen molar-refractivity contribution in [3.63, 3.8) is 0 Å². The molecule has 15 heavy (non-hydrogen) atoms. The molecular weight excluding hydrogens is 184 g/mol. The predicted molar refractivity (Wildman–Crippen MR) is 61.6 cm³/mol. The summed E-state index contributed by atoms with van der Waals surface area (Å²) < 4.78 is 0. The van der Waals surface area contributed by atoms with E-state index in [0.29, 0.717) is 11.5 Å². The Morgan fingerprint density at radius 2 is 2.27 bits per heavy atom. The number of hydrogen-bond acceptors (Lipinski definition) is 2. The standard InChI is InChI=1S/C13H18N2/c14-9-13-6-3-7-15-12(13)11-5-2-1-4-10(11)8-13/h1-2,4-5,12,15H,3,6-9,14H2/t12-,13+/m0/s1. The molecule has 3 rings (SSSR count). The molecule has 0 aromatic heterocycles. The van der Waals surface area contributed by atoms with Crippen molar-refractivity contribution in [3.8, 4) is 0 Å². The van der Waals surface area contributed by atoms with Crippen molar-refractivity contribution in [2.45, 2.75) is 25.3 Å². The van der Waals surface area contributed by atoms with Gasteiger partial charge in [-0.05, 0) is 36.9 Å². The fourth-order valence-electron chi connectivity index (χ4n) is 3.33. The molecule has 1 saturated heterocycles. The monoisotopic (exact) mass is 202 g/mol.